The van der Waals surface area contributed by atoms with Gasteiger partial charge in [0.05, 0.1) is 0 Å². The van der Waals surface area contributed by atoms with Crippen LogP contribution in [0.25, 0.3) is 5.57 Å². The molecule has 0 heterocycles. The maximum absolute atomic E-state index is 3.83. The molecule has 0 aliphatic heterocycles. The number of fused-ring (bicyclic) bond motifs is 1. The number of hydrogen-bond acceptors (Lipinski definition) is 0. The van der Waals surface area contributed by atoms with E-state index in [1.807, 2.05) is 0 Å². The summed E-state index contributed by atoms with van der Waals surface area (Å²) in [4.78, 5) is 0. The van der Waals surface area contributed by atoms with Gasteiger partial charge in [0.1, 0.15) is 0 Å². The Balaban J connectivity index is 2.22. The molecule has 3 rings (SSSR count). The Labute approximate surface area is 116 Å². The molecule has 18 heavy (non-hydrogen) atoms. The summed E-state index contributed by atoms with van der Waals surface area (Å²) < 4.78 is 1.33. The van der Waals surface area contributed by atoms with Crippen LogP contribution in [0.3, 0.4) is 0 Å². The largest absolute Gasteiger partial charge is 0.0645 e. The van der Waals surface area contributed by atoms with Crippen molar-refractivity contribution in [3.63, 3.8) is 0 Å². The molecule has 1 aliphatic rings. The molecular weight excluding hydrogens is 284 g/mol. The average molecular weight is 299 g/mol. The summed E-state index contributed by atoms with van der Waals surface area (Å²) in [6.45, 7) is 2.25. The molecule has 0 spiro atoms. The molecule has 1 heteroatoms. The molecule has 0 aromatic heterocycles. The highest BCUT2D eigenvalue weighted by atomic mass is 79.9. The zero-order valence-corrected chi connectivity index (χ0v) is 11.9. The molecule has 90 valence electrons. The van der Waals surface area contributed by atoms with Crippen molar-refractivity contribution in [2.75, 3.05) is 0 Å². The summed E-state index contributed by atoms with van der Waals surface area (Å²) in [5.41, 5.74) is 5.49. The van der Waals surface area contributed by atoms with Crippen LogP contribution in [0, 0.1) is 0 Å². The van der Waals surface area contributed by atoms with E-state index in [2.05, 4.69) is 77.5 Å². The summed E-state index contributed by atoms with van der Waals surface area (Å²) >= 11 is 3.83. The monoisotopic (exact) mass is 298 g/mol. The second-order valence-corrected chi connectivity index (χ2v) is 5.49. The summed E-state index contributed by atoms with van der Waals surface area (Å²) in [5, 5.41) is 0. The van der Waals surface area contributed by atoms with Gasteiger partial charge in [0.2, 0.25) is 0 Å². The van der Waals surface area contributed by atoms with Gasteiger partial charge in [-0.2, -0.15) is 0 Å². The highest BCUT2D eigenvalue weighted by molar-refractivity contribution is 9.11. The first kappa shape index (κ1) is 11.7. The second-order valence-electron chi connectivity index (χ2n) is 4.64. The zero-order chi connectivity index (χ0) is 12.5. The highest BCUT2D eigenvalue weighted by Crippen LogP contribution is 2.48. The number of rotatable bonds is 2. The molecule has 0 amide bonds. The first-order chi connectivity index (χ1) is 8.83. The van der Waals surface area contributed by atoms with E-state index in [0.29, 0.717) is 5.92 Å². The number of halogens is 1. The fourth-order valence-corrected chi connectivity index (χ4v) is 3.78. The number of allylic oxidation sites excluding steroid dienone is 1. The number of benzene rings is 2. The SMILES string of the molecule is CCC1C(Br)=C(c2ccccc2)c2ccccc21. The number of hydrogen-bond donors (Lipinski definition) is 0. The molecule has 2 aromatic carbocycles. The maximum Gasteiger partial charge on any atom is 0.0165 e. The third kappa shape index (κ3) is 1.74. The molecule has 1 atom stereocenters. The third-order valence-corrected chi connectivity index (χ3v) is 4.57. The lowest BCUT2D eigenvalue weighted by Crippen LogP contribution is -1.92. The van der Waals surface area contributed by atoms with Gasteiger partial charge in [-0.3, -0.25) is 0 Å². The van der Waals surface area contributed by atoms with Crippen molar-refractivity contribution in [1.82, 2.24) is 0 Å². The molecule has 1 unspecified atom stereocenters. The van der Waals surface area contributed by atoms with E-state index in [1.54, 1.807) is 0 Å². The summed E-state index contributed by atoms with van der Waals surface area (Å²) in [5.74, 6) is 0.511. The van der Waals surface area contributed by atoms with E-state index in [0.717, 1.165) is 6.42 Å². The van der Waals surface area contributed by atoms with Gasteiger partial charge in [-0.15, -0.1) is 0 Å². The van der Waals surface area contributed by atoms with E-state index in [-0.39, 0.29) is 0 Å². The lowest BCUT2D eigenvalue weighted by Gasteiger charge is -2.09. The van der Waals surface area contributed by atoms with Crippen LogP contribution < -0.4 is 0 Å². The van der Waals surface area contributed by atoms with Crippen LogP contribution >= 0.6 is 15.9 Å². The Morgan fingerprint density at radius 1 is 0.944 bits per heavy atom. The van der Waals surface area contributed by atoms with Crippen molar-refractivity contribution in [3.05, 3.63) is 75.8 Å². The van der Waals surface area contributed by atoms with Crippen LogP contribution in [0.15, 0.2) is 59.1 Å². The fraction of sp³-hybridized carbons (Fsp3) is 0.176. The molecule has 0 fully saturated rings. The highest BCUT2D eigenvalue weighted by Gasteiger charge is 2.28. The molecule has 0 nitrogen and oxygen atoms in total. The van der Waals surface area contributed by atoms with Gasteiger partial charge >= 0.3 is 0 Å². The zero-order valence-electron chi connectivity index (χ0n) is 10.4. The second kappa shape index (κ2) is 4.74. The summed E-state index contributed by atoms with van der Waals surface area (Å²) in [6.07, 6.45) is 1.13. The Kier molecular flexibility index (Phi) is 3.09. The minimum atomic E-state index is 0.511. The van der Waals surface area contributed by atoms with Gasteiger partial charge < -0.3 is 0 Å². The summed E-state index contributed by atoms with van der Waals surface area (Å²) in [7, 11) is 0. The van der Waals surface area contributed by atoms with Gasteiger partial charge in [-0.05, 0) is 28.7 Å². The predicted molar refractivity (Wildman–Crippen MR) is 80.9 cm³/mol. The smallest absolute Gasteiger partial charge is 0.0165 e. The van der Waals surface area contributed by atoms with Crippen molar-refractivity contribution in [2.45, 2.75) is 19.3 Å². The normalized spacial score (nSPS) is 18.0. The van der Waals surface area contributed by atoms with Crippen LogP contribution in [0.1, 0.15) is 36.0 Å². The third-order valence-electron chi connectivity index (χ3n) is 3.62. The van der Waals surface area contributed by atoms with Gasteiger partial charge in [0.15, 0.2) is 0 Å². The molecule has 2 aromatic rings. The minimum absolute atomic E-state index is 0.511. The van der Waals surface area contributed by atoms with Crippen LogP contribution in [0.4, 0.5) is 0 Å². The standard InChI is InChI=1S/C17H15Br/c1-2-13-14-10-6-7-11-15(14)16(17(13)18)12-8-4-3-5-9-12/h3-11,13H,2H2,1H3. The first-order valence-electron chi connectivity index (χ1n) is 6.37. The fourth-order valence-electron chi connectivity index (χ4n) is 2.77. The van der Waals surface area contributed by atoms with Crippen LogP contribution in [0.5, 0.6) is 0 Å². The van der Waals surface area contributed by atoms with Gasteiger partial charge in [-0.25, -0.2) is 0 Å². The Bertz CT molecular complexity index is 596. The average Bonchev–Trinajstić information content (AvgIpc) is 2.71. The molecule has 0 saturated carbocycles. The van der Waals surface area contributed by atoms with Gasteiger partial charge in [0, 0.05) is 10.4 Å². The van der Waals surface area contributed by atoms with Crippen LogP contribution in [-0.4, -0.2) is 0 Å². The lowest BCUT2D eigenvalue weighted by molar-refractivity contribution is 0.811. The van der Waals surface area contributed by atoms with Crippen LogP contribution in [0.2, 0.25) is 0 Å². The minimum Gasteiger partial charge on any atom is -0.0645 e. The molecular formula is C17H15Br. The van der Waals surface area contributed by atoms with E-state index < -0.39 is 0 Å². The van der Waals surface area contributed by atoms with Crippen molar-refractivity contribution in [2.24, 2.45) is 0 Å². The quantitative estimate of drug-likeness (QED) is 0.701. The molecule has 0 N–H and O–H groups in total. The molecule has 1 aliphatic carbocycles. The van der Waals surface area contributed by atoms with Crippen molar-refractivity contribution < 1.29 is 0 Å². The van der Waals surface area contributed by atoms with E-state index in [4.69, 9.17) is 0 Å². The van der Waals surface area contributed by atoms with E-state index in [1.165, 1.54) is 26.7 Å². The van der Waals surface area contributed by atoms with Gasteiger partial charge in [0.25, 0.3) is 0 Å². The molecule has 0 saturated heterocycles. The Morgan fingerprint density at radius 2 is 1.61 bits per heavy atom. The molecule has 0 bridgehead atoms. The topological polar surface area (TPSA) is 0 Å². The maximum atomic E-state index is 3.83. The van der Waals surface area contributed by atoms with E-state index >= 15 is 0 Å². The summed E-state index contributed by atoms with van der Waals surface area (Å²) in [6, 6.07) is 19.4. The van der Waals surface area contributed by atoms with E-state index in [9.17, 15) is 0 Å². The first-order valence-corrected chi connectivity index (χ1v) is 7.16. The van der Waals surface area contributed by atoms with Crippen molar-refractivity contribution in [3.8, 4) is 0 Å². The van der Waals surface area contributed by atoms with Gasteiger partial charge in [-0.1, -0.05) is 77.5 Å². The Morgan fingerprint density at radius 3 is 2.33 bits per heavy atom. The lowest BCUT2D eigenvalue weighted by atomic mass is 9.97. The van der Waals surface area contributed by atoms with Crippen molar-refractivity contribution >= 4 is 21.5 Å². The van der Waals surface area contributed by atoms with Crippen LogP contribution in [-0.2, 0) is 0 Å². The predicted octanol–water partition coefficient (Wildman–Crippen LogP) is 5.35. The Hall–Kier alpha value is -1.34. The molecule has 0 radical (unpaired) electrons. The van der Waals surface area contributed by atoms with Crippen molar-refractivity contribution in [1.29, 1.82) is 0 Å².